The Kier molecular flexibility index (Phi) is 8.49. The zero-order valence-corrected chi connectivity index (χ0v) is 20.7. The number of hydrogen-bond acceptors (Lipinski definition) is 3. The maximum absolute atomic E-state index is 10.4. The molecular weight excluding hydrogens is 384 g/mol. The van der Waals surface area contributed by atoms with Crippen molar-refractivity contribution in [1.29, 1.82) is 0 Å². The molecule has 0 spiro atoms. The molecule has 8 atom stereocenters. The van der Waals surface area contributed by atoms with E-state index in [1.54, 1.807) is 5.57 Å². The van der Waals surface area contributed by atoms with Gasteiger partial charge < -0.3 is 15.3 Å². The zero-order valence-electron chi connectivity index (χ0n) is 20.7. The molecule has 2 unspecified atom stereocenters. The lowest BCUT2D eigenvalue weighted by Gasteiger charge is -2.44. The molecule has 0 aromatic rings. The van der Waals surface area contributed by atoms with Crippen molar-refractivity contribution >= 4 is 0 Å². The lowest BCUT2D eigenvalue weighted by Crippen LogP contribution is -2.36. The van der Waals surface area contributed by atoms with Crippen LogP contribution in [0.15, 0.2) is 23.3 Å². The van der Waals surface area contributed by atoms with E-state index in [1.807, 2.05) is 0 Å². The number of allylic oxidation sites excluding steroid dienone is 3. The van der Waals surface area contributed by atoms with Gasteiger partial charge in [0.2, 0.25) is 0 Å². The molecule has 3 aliphatic carbocycles. The van der Waals surface area contributed by atoms with E-state index < -0.39 is 12.2 Å². The predicted octanol–water partition coefficient (Wildman–Crippen LogP) is 6.03. The topological polar surface area (TPSA) is 60.7 Å². The van der Waals surface area contributed by atoms with Crippen LogP contribution in [0.3, 0.4) is 0 Å². The Morgan fingerprint density at radius 3 is 2.48 bits per heavy atom. The molecule has 178 valence electrons. The molecule has 0 aromatic carbocycles. The summed E-state index contributed by atoms with van der Waals surface area (Å²) in [5, 5.41) is 30.7. The molecule has 0 bridgehead atoms. The van der Waals surface area contributed by atoms with Gasteiger partial charge in [0.1, 0.15) is 0 Å². The van der Waals surface area contributed by atoms with E-state index in [4.69, 9.17) is 0 Å². The second-order valence-corrected chi connectivity index (χ2v) is 11.9. The van der Waals surface area contributed by atoms with Gasteiger partial charge in [-0.05, 0) is 86.9 Å². The van der Waals surface area contributed by atoms with E-state index in [2.05, 4.69) is 46.8 Å². The maximum atomic E-state index is 10.4. The van der Waals surface area contributed by atoms with Crippen LogP contribution in [0.4, 0.5) is 0 Å². The van der Waals surface area contributed by atoms with E-state index >= 15 is 0 Å². The van der Waals surface area contributed by atoms with Gasteiger partial charge in [-0.2, -0.15) is 0 Å². The molecule has 0 amide bonds. The molecule has 0 saturated heterocycles. The van der Waals surface area contributed by atoms with Crippen molar-refractivity contribution in [2.75, 3.05) is 0 Å². The van der Waals surface area contributed by atoms with Crippen molar-refractivity contribution in [3.8, 4) is 0 Å². The second kappa shape index (κ2) is 10.5. The molecule has 3 heteroatoms. The Balaban J connectivity index is 1.67. The number of aliphatic hydroxyl groups excluding tert-OH is 3. The van der Waals surface area contributed by atoms with Gasteiger partial charge in [0.25, 0.3) is 0 Å². The average molecular weight is 433 g/mol. The first-order valence-electron chi connectivity index (χ1n) is 13.1. The average Bonchev–Trinajstić information content (AvgIpc) is 3.04. The molecule has 0 aromatic heterocycles. The molecule has 3 nitrogen and oxygen atoms in total. The fraction of sp³-hybridized carbons (Fsp3) is 0.857. The van der Waals surface area contributed by atoms with Gasteiger partial charge in [-0.3, -0.25) is 0 Å². The van der Waals surface area contributed by atoms with Crippen LogP contribution in [0.25, 0.3) is 0 Å². The smallest absolute Gasteiger partial charge is 0.0627 e. The molecular formula is C28H48O3. The van der Waals surface area contributed by atoms with Gasteiger partial charge in [-0.1, -0.05) is 57.9 Å². The van der Waals surface area contributed by atoms with Crippen LogP contribution in [0.2, 0.25) is 0 Å². The van der Waals surface area contributed by atoms with Crippen molar-refractivity contribution < 1.29 is 15.3 Å². The third kappa shape index (κ3) is 5.84. The lowest BCUT2D eigenvalue weighted by atomic mass is 9.60. The highest BCUT2D eigenvalue weighted by molar-refractivity contribution is 5.27. The Morgan fingerprint density at radius 1 is 1.06 bits per heavy atom. The van der Waals surface area contributed by atoms with Gasteiger partial charge in [0.15, 0.2) is 0 Å². The molecule has 3 N–H and O–H groups in total. The summed E-state index contributed by atoms with van der Waals surface area (Å²) in [7, 11) is 0. The molecule has 3 saturated carbocycles. The minimum absolute atomic E-state index is 0.142. The minimum atomic E-state index is -0.423. The molecule has 3 fully saturated rings. The Morgan fingerprint density at radius 2 is 1.77 bits per heavy atom. The van der Waals surface area contributed by atoms with Crippen LogP contribution in [0.1, 0.15) is 98.8 Å². The monoisotopic (exact) mass is 432 g/mol. The van der Waals surface area contributed by atoms with E-state index in [0.29, 0.717) is 36.0 Å². The SMILES string of the molecule is CC(C)C[C@@H](O)CC[C@@H](C)C1CC[C@H]2/C(=C\C=C3/C[C@@H](O)C[C@@H](O)C3C)CCC[C@]12C. The van der Waals surface area contributed by atoms with E-state index in [9.17, 15) is 15.3 Å². The van der Waals surface area contributed by atoms with Gasteiger partial charge in [0.05, 0.1) is 18.3 Å². The van der Waals surface area contributed by atoms with Crippen LogP contribution >= 0.6 is 0 Å². The molecule has 0 heterocycles. The van der Waals surface area contributed by atoms with Crippen molar-refractivity contribution in [3.63, 3.8) is 0 Å². The van der Waals surface area contributed by atoms with E-state index in [0.717, 1.165) is 25.2 Å². The highest BCUT2D eigenvalue weighted by atomic mass is 16.3. The first-order valence-corrected chi connectivity index (χ1v) is 13.1. The summed E-state index contributed by atoms with van der Waals surface area (Å²) in [6.07, 6.45) is 14.2. The Hall–Kier alpha value is -0.640. The largest absolute Gasteiger partial charge is 0.393 e. The van der Waals surface area contributed by atoms with Crippen molar-refractivity contribution in [3.05, 3.63) is 23.3 Å². The van der Waals surface area contributed by atoms with Crippen LogP contribution in [0, 0.1) is 35.0 Å². The second-order valence-electron chi connectivity index (χ2n) is 11.9. The van der Waals surface area contributed by atoms with E-state index in [1.165, 1.54) is 37.7 Å². The van der Waals surface area contributed by atoms with Crippen LogP contribution in [-0.2, 0) is 0 Å². The minimum Gasteiger partial charge on any atom is -0.393 e. The highest BCUT2D eigenvalue weighted by Crippen LogP contribution is 2.60. The number of hydrogen-bond donors (Lipinski definition) is 3. The Labute approximate surface area is 191 Å². The van der Waals surface area contributed by atoms with Crippen molar-refractivity contribution in [2.24, 2.45) is 35.0 Å². The standard InChI is InChI=1S/C28H48O3/c1-18(2)15-23(29)11-8-19(3)25-12-13-26-21(7-6-14-28(25,26)5)9-10-22-16-24(30)17-27(31)20(22)4/h9-10,18-20,23-27,29-31H,6-8,11-17H2,1-5H3/b21-9-,22-10+/t19-,20?,23+,24-,25?,26+,27-,28-/m1/s1. The predicted molar refractivity (Wildman–Crippen MR) is 129 cm³/mol. The molecule has 3 rings (SSSR count). The third-order valence-electron chi connectivity index (χ3n) is 9.08. The number of fused-ring (bicyclic) bond motifs is 1. The lowest BCUT2D eigenvalue weighted by molar-refractivity contribution is 0.0333. The van der Waals surface area contributed by atoms with Gasteiger partial charge in [-0.15, -0.1) is 0 Å². The first kappa shape index (κ1) is 25.0. The Bertz CT molecular complexity index is 651. The summed E-state index contributed by atoms with van der Waals surface area (Å²) in [6.45, 7) is 11.4. The summed E-state index contributed by atoms with van der Waals surface area (Å²) in [5.74, 6) is 2.78. The van der Waals surface area contributed by atoms with Crippen LogP contribution < -0.4 is 0 Å². The van der Waals surface area contributed by atoms with Crippen molar-refractivity contribution in [2.45, 2.75) is 117 Å². The quantitative estimate of drug-likeness (QED) is 0.460. The summed E-state index contributed by atoms with van der Waals surface area (Å²) in [5.41, 5.74) is 3.17. The fourth-order valence-electron chi connectivity index (χ4n) is 7.24. The normalized spacial score (nSPS) is 41.0. The van der Waals surface area contributed by atoms with Crippen LogP contribution in [0.5, 0.6) is 0 Å². The highest BCUT2D eigenvalue weighted by Gasteiger charge is 2.50. The summed E-state index contributed by atoms with van der Waals surface area (Å²) >= 11 is 0. The maximum Gasteiger partial charge on any atom is 0.0627 e. The van der Waals surface area contributed by atoms with Gasteiger partial charge in [0, 0.05) is 12.3 Å². The van der Waals surface area contributed by atoms with Crippen LogP contribution in [-0.4, -0.2) is 33.6 Å². The zero-order chi connectivity index (χ0) is 22.8. The first-order chi connectivity index (χ1) is 14.6. The molecule has 31 heavy (non-hydrogen) atoms. The third-order valence-corrected chi connectivity index (χ3v) is 9.08. The van der Waals surface area contributed by atoms with Gasteiger partial charge >= 0.3 is 0 Å². The van der Waals surface area contributed by atoms with Crippen molar-refractivity contribution in [1.82, 2.24) is 0 Å². The molecule has 0 radical (unpaired) electrons. The van der Waals surface area contributed by atoms with E-state index in [-0.39, 0.29) is 12.0 Å². The van der Waals surface area contributed by atoms with Gasteiger partial charge in [-0.25, -0.2) is 0 Å². The molecule has 3 aliphatic rings. The molecule has 0 aliphatic heterocycles. The number of rotatable bonds is 7. The summed E-state index contributed by atoms with van der Waals surface area (Å²) in [4.78, 5) is 0. The summed E-state index contributed by atoms with van der Waals surface area (Å²) in [6, 6.07) is 0. The number of aliphatic hydroxyl groups is 3. The summed E-state index contributed by atoms with van der Waals surface area (Å²) < 4.78 is 0. The fourth-order valence-corrected chi connectivity index (χ4v) is 7.24.